The maximum absolute atomic E-state index is 12.4. The Balaban J connectivity index is 2.87. The number of benzene rings is 1. The minimum absolute atomic E-state index is 0.124. The van der Waals surface area contributed by atoms with Crippen LogP contribution in [0.5, 0.6) is 5.75 Å². The first kappa shape index (κ1) is 14.1. The largest absolute Gasteiger partial charge is 0.480 e. The molecule has 17 heavy (non-hydrogen) atoms. The van der Waals surface area contributed by atoms with Crippen LogP contribution in [0.1, 0.15) is 12.5 Å². The molecule has 96 valence electrons. The number of hydrogen-bond acceptors (Lipinski definition) is 2. The van der Waals surface area contributed by atoms with Crippen LogP contribution in [0.25, 0.3) is 0 Å². The number of aryl methyl sites for hydroxylation is 1. The summed E-state index contributed by atoms with van der Waals surface area (Å²) in [7, 11) is 0. The van der Waals surface area contributed by atoms with Crippen molar-refractivity contribution < 1.29 is 17.9 Å². The summed E-state index contributed by atoms with van der Waals surface area (Å²) >= 11 is 5.85. The summed E-state index contributed by atoms with van der Waals surface area (Å²) in [5.41, 5.74) is 5.77. The van der Waals surface area contributed by atoms with Gasteiger partial charge in [0.05, 0.1) is 0 Å². The van der Waals surface area contributed by atoms with E-state index in [9.17, 15) is 13.2 Å². The number of alkyl halides is 3. The van der Waals surface area contributed by atoms with E-state index in [0.717, 1.165) is 5.56 Å². The Labute approximate surface area is 103 Å². The van der Waals surface area contributed by atoms with Crippen molar-refractivity contribution in [3.63, 3.8) is 0 Å². The van der Waals surface area contributed by atoms with Gasteiger partial charge in [0.15, 0.2) is 0 Å². The fourth-order valence-electron chi connectivity index (χ4n) is 1.31. The van der Waals surface area contributed by atoms with Crippen LogP contribution < -0.4 is 10.5 Å². The maximum atomic E-state index is 12.4. The molecule has 0 aliphatic heterocycles. The lowest BCUT2D eigenvalue weighted by Gasteiger charge is -2.20. The second-order valence-electron chi connectivity index (χ2n) is 3.49. The summed E-state index contributed by atoms with van der Waals surface area (Å²) in [6.45, 7) is 1.24. The zero-order valence-corrected chi connectivity index (χ0v) is 9.98. The van der Waals surface area contributed by atoms with Gasteiger partial charge in [0.25, 0.3) is 0 Å². The molecular weight excluding hydrogens is 255 g/mol. The Bertz CT molecular complexity index is 381. The van der Waals surface area contributed by atoms with Gasteiger partial charge >= 0.3 is 6.18 Å². The SMILES string of the molecule is CCc1cc(OC(CN)C(F)(F)F)ccc1Cl. The second kappa shape index (κ2) is 5.60. The summed E-state index contributed by atoms with van der Waals surface area (Å²) in [5, 5.41) is 0.510. The van der Waals surface area contributed by atoms with Crippen molar-refractivity contribution in [3.05, 3.63) is 28.8 Å². The molecule has 0 aliphatic carbocycles. The zero-order valence-electron chi connectivity index (χ0n) is 9.22. The van der Waals surface area contributed by atoms with E-state index >= 15 is 0 Å². The molecule has 0 aliphatic rings. The van der Waals surface area contributed by atoms with Gasteiger partial charge in [-0.3, -0.25) is 0 Å². The van der Waals surface area contributed by atoms with Gasteiger partial charge in [0, 0.05) is 11.6 Å². The summed E-state index contributed by atoms with van der Waals surface area (Å²) in [6.07, 6.45) is -5.84. The van der Waals surface area contributed by atoms with Crippen molar-refractivity contribution in [3.8, 4) is 5.75 Å². The van der Waals surface area contributed by atoms with Crippen LogP contribution in [0.4, 0.5) is 13.2 Å². The highest BCUT2D eigenvalue weighted by Gasteiger charge is 2.40. The van der Waals surface area contributed by atoms with Gasteiger partial charge in [-0.15, -0.1) is 0 Å². The van der Waals surface area contributed by atoms with Gasteiger partial charge in [0.2, 0.25) is 6.10 Å². The lowest BCUT2D eigenvalue weighted by Crippen LogP contribution is -2.40. The normalized spacial score (nSPS) is 13.5. The Kier molecular flexibility index (Phi) is 4.65. The van der Waals surface area contributed by atoms with Crippen LogP contribution in [0, 0.1) is 0 Å². The Hall–Kier alpha value is -0.940. The summed E-state index contributed by atoms with van der Waals surface area (Å²) in [4.78, 5) is 0. The van der Waals surface area contributed by atoms with Gasteiger partial charge in [-0.25, -0.2) is 0 Å². The molecule has 0 saturated carbocycles. The summed E-state index contributed by atoms with van der Waals surface area (Å²) < 4.78 is 42.1. The Morgan fingerprint density at radius 2 is 2.06 bits per heavy atom. The lowest BCUT2D eigenvalue weighted by molar-refractivity contribution is -0.191. The molecule has 1 rings (SSSR count). The van der Waals surface area contributed by atoms with E-state index < -0.39 is 18.8 Å². The molecule has 0 aromatic heterocycles. The van der Waals surface area contributed by atoms with Gasteiger partial charge < -0.3 is 10.5 Å². The highest BCUT2D eigenvalue weighted by Crippen LogP contribution is 2.27. The van der Waals surface area contributed by atoms with E-state index in [1.165, 1.54) is 18.2 Å². The minimum Gasteiger partial charge on any atom is -0.480 e. The molecular formula is C11H13ClF3NO. The highest BCUT2D eigenvalue weighted by molar-refractivity contribution is 6.31. The molecule has 0 bridgehead atoms. The van der Waals surface area contributed by atoms with Crippen LogP contribution in [-0.2, 0) is 6.42 Å². The van der Waals surface area contributed by atoms with Crippen LogP contribution in [-0.4, -0.2) is 18.8 Å². The molecule has 2 N–H and O–H groups in total. The summed E-state index contributed by atoms with van der Waals surface area (Å²) in [5.74, 6) is 0.124. The first-order valence-electron chi connectivity index (χ1n) is 5.10. The van der Waals surface area contributed by atoms with Gasteiger partial charge in [-0.05, 0) is 30.2 Å². The predicted octanol–water partition coefficient (Wildman–Crippen LogP) is 3.17. The van der Waals surface area contributed by atoms with Crippen molar-refractivity contribution in [2.45, 2.75) is 25.6 Å². The fourth-order valence-corrected chi connectivity index (χ4v) is 1.56. The summed E-state index contributed by atoms with van der Waals surface area (Å²) in [6, 6.07) is 4.41. The monoisotopic (exact) mass is 267 g/mol. The van der Waals surface area contributed by atoms with Crippen molar-refractivity contribution in [1.82, 2.24) is 0 Å². The van der Waals surface area contributed by atoms with Gasteiger partial charge in [-0.1, -0.05) is 18.5 Å². The van der Waals surface area contributed by atoms with E-state index in [4.69, 9.17) is 22.1 Å². The molecule has 0 amide bonds. The van der Waals surface area contributed by atoms with Crippen LogP contribution >= 0.6 is 11.6 Å². The first-order chi connectivity index (χ1) is 7.88. The molecule has 0 heterocycles. The predicted molar refractivity (Wildman–Crippen MR) is 60.4 cm³/mol. The Morgan fingerprint density at radius 1 is 1.41 bits per heavy atom. The van der Waals surface area contributed by atoms with Crippen LogP contribution in [0.3, 0.4) is 0 Å². The second-order valence-corrected chi connectivity index (χ2v) is 3.90. The van der Waals surface area contributed by atoms with Crippen LogP contribution in [0.15, 0.2) is 18.2 Å². The van der Waals surface area contributed by atoms with Gasteiger partial charge in [-0.2, -0.15) is 13.2 Å². The van der Waals surface area contributed by atoms with E-state index in [2.05, 4.69) is 0 Å². The average molecular weight is 268 g/mol. The van der Waals surface area contributed by atoms with Crippen molar-refractivity contribution in [2.75, 3.05) is 6.54 Å². The molecule has 0 fully saturated rings. The first-order valence-corrected chi connectivity index (χ1v) is 5.48. The van der Waals surface area contributed by atoms with Crippen LogP contribution in [0.2, 0.25) is 5.02 Å². The molecule has 1 atom stereocenters. The fraction of sp³-hybridized carbons (Fsp3) is 0.455. The molecule has 0 radical (unpaired) electrons. The molecule has 6 heteroatoms. The number of rotatable bonds is 4. The van der Waals surface area contributed by atoms with Crippen molar-refractivity contribution in [2.24, 2.45) is 5.73 Å². The number of ether oxygens (including phenoxy) is 1. The zero-order chi connectivity index (χ0) is 13.1. The maximum Gasteiger partial charge on any atom is 0.426 e. The molecule has 0 spiro atoms. The van der Waals surface area contributed by atoms with E-state index in [1.54, 1.807) is 0 Å². The molecule has 1 aromatic rings. The average Bonchev–Trinajstić information content (AvgIpc) is 2.26. The molecule has 1 aromatic carbocycles. The third kappa shape index (κ3) is 3.78. The third-order valence-electron chi connectivity index (χ3n) is 2.26. The number of halogens is 4. The molecule has 0 saturated heterocycles. The van der Waals surface area contributed by atoms with E-state index in [-0.39, 0.29) is 5.75 Å². The smallest absolute Gasteiger partial charge is 0.426 e. The topological polar surface area (TPSA) is 35.2 Å². The number of nitrogens with two attached hydrogens (primary N) is 1. The molecule has 2 nitrogen and oxygen atoms in total. The number of hydrogen-bond donors (Lipinski definition) is 1. The highest BCUT2D eigenvalue weighted by atomic mass is 35.5. The third-order valence-corrected chi connectivity index (χ3v) is 2.62. The molecule has 1 unspecified atom stereocenters. The minimum atomic E-state index is -4.47. The quantitative estimate of drug-likeness (QED) is 0.909. The van der Waals surface area contributed by atoms with Crippen molar-refractivity contribution >= 4 is 11.6 Å². The lowest BCUT2D eigenvalue weighted by atomic mass is 10.1. The standard InChI is InChI=1S/C11H13ClF3NO/c1-2-7-5-8(3-4-9(7)12)17-10(6-16)11(13,14)15/h3-5,10H,2,6,16H2,1H3. The van der Waals surface area contributed by atoms with E-state index in [0.29, 0.717) is 11.4 Å². The Morgan fingerprint density at radius 3 is 2.53 bits per heavy atom. The van der Waals surface area contributed by atoms with Crippen molar-refractivity contribution in [1.29, 1.82) is 0 Å². The van der Waals surface area contributed by atoms with E-state index in [1.807, 2.05) is 6.92 Å². The van der Waals surface area contributed by atoms with Gasteiger partial charge in [0.1, 0.15) is 5.75 Å².